The van der Waals surface area contributed by atoms with E-state index in [0.717, 1.165) is 23.6 Å². The Balaban J connectivity index is 2.32. The minimum Gasteiger partial charge on any atom is -0.497 e. The molecule has 1 aromatic heterocycles. The monoisotopic (exact) mass is 386 g/mol. The smallest absolute Gasteiger partial charge is 0.245 e. The van der Waals surface area contributed by atoms with Gasteiger partial charge in [0.15, 0.2) is 0 Å². The summed E-state index contributed by atoms with van der Waals surface area (Å²) >= 11 is 0. The molecule has 7 nitrogen and oxygen atoms in total. The largest absolute Gasteiger partial charge is 0.497 e. The summed E-state index contributed by atoms with van der Waals surface area (Å²) in [6, 6.07) is 9.33. The number of amides is 2. The van der Waals surface area contributed by atoms with Gasteiger partial charge in [0.2, 0.25) is 11.8 Å². The normalized spacial score (nSPS) is 11.2. The number of nitrogens with zero attached hydrogens (tertiary/aromatic N) is 3. The lowest BCUT2D eigenvalue weighted by Gasteiger charge is -2.19. The number of ether oxygens (including phenoxy) is 1. The van der Waals surface area contributed by atoms with E-state index in [0.29, 0.717) is 12.4 Å². The molecule has 0 saturated heterocycles. The van der Waals surface area contributed by atoms with Gasteiger partial charge in [-0.3, -0.25) is 9.59 Å². The first kappa shape index (κ1) is 21.5. The Kier molecular flexibility index (Phi) is 6.83. The average Bonchev–Trinajstić information content (AvgIpc) is 3.05. The molecule has 7 heteroatoms. The molecule has 0 bridgehead atoms. The van der Waals surface area contributed by atoms with E-state index in [4.69, 9.17) is 9.84 Å². The van der Waals surface area contributed by atoms with Crippen LogP contribution in [0.15, 0.2) is 30.3 Å². The Hall–Kier alpha value is -2.83. The Morgan fingerprint density at radius 1 is 1.21 bits per heavy atom. The molecule has 28 heavy (non-hydrogen) atoms. The Morgan fingerprint density at radius 3 is 2.36 bits per heavy atom. The fraction of sp³-hybridized carbons (Fsp3) is 0.476. The molecule has 0 spiro atoms. The van der Waals surface area contributed by atoms with E-state index in [9.17, 15) is 9.59 Å². The maximum Gasteiger partial charge on any atom is 0.245 e. The molecular formula is C21H30N4O3. The van der Waals surface area contributed by atoms with Crippen molar-refractivity contribution in [2.75, 3.05) is 25.5 Å². The third kappa shape index (κ3) is 5.34. The van der Waals surface area contributed by atoms with Crippen LogP contribution in [0, 0.1) is 0 Å². The van der Waals surface area contributed by atoms with Gasteiger partial charge in [-0.1, -0.05) is 27.7 Å². The van der Waals surface area contributed by atoms with E-state index in [1.807, 2.05) is 37.3 Å². The third-order valence-electron chi connectivity index (χ3n) is 4.34. The summed E-state index contributed by atoms with van der Waals surface area (Å²) in [4.78, 5) is 25.8. The van der Waals surface area contributed by atoms with Gasteiger partial charge in [-0.2, -0.15) is 5.10 Å². The number of hydrogen-bond donors (Lipinski definition) is 1. The lowest BCUT2D eigenvalue weighted by atomic mass is 9.92. The topological polar surface area (TPSA) is 76.5 Å². The van der Waals surface area contributed by atoms with Crippen LogP contribution in [0.25, 0.3) is 5.69 Å². The first-order chi connectivity index (χ1) is 13.2. The van der Waals surface area contributed by atoms with E-state index in [2.05, 4.69) is 26.1 Å². The maximum absolute atomic E-state index is 12.6. The van der Waals surface area contributed by atoms with Crippen LogP contribution in [0.4, 0.5) is 5.82 Å². The number of rotatable bonds is 7. The summed E-state index contributed by atoms with van der Waals surface area (Å²) in [6.45, 7) is 10.2. The standard InChI is InChI=1S/C21H30N4O3/c1-7-12-24(15(2)26)14-20(27)22-19-13-18(21(3,4)5)23-25(19)16-8-10-17(28-6)11-9-16/h8-11,13H,7,12,14H2,1-6H3,(H,22,27). The van der Waals surface area contributed by atoms with Gasteiger partial charge in [0.05, 0.1) is 25.0 Å². The number of methoxy groups -OCH3 is 1. The minimum absolute atomic E-state index is 0.0157. The van der Waals surface area contributed by atoms with Crippen LogP contribution in [-0.4, -0.2) is 46.7 Å². The molecule has 0 fully saturated rings. The van der Waals surface area contributed by atoms with Gasteiger partial charge in [-0.15, -0.1) is 0 Å². The molecule has 1 N–H and O–H groups in total. The highest BCUT2D eigenvalue weighted by Gasteiger charge is 2.22. The summed E-state index contributed by atoms with van der Waals surface area (Å²) in [5, 5.41) is 7.60. The highest BCUT2D eigenvalue weighted by Crippen LogP contribution is 2.27. The van der Waals surface area contributed by atoms with Crippen molar-refractivity contribution in [3.8, 4) is 11.4 Å². The van der Waals surface area contributed by atoms with Crippen LogP contribution in [-0.2, 0) is 15.0 Å². The first-order valence-electron chi connectivity index (χ1n) is 9.46. The van der Waals surface area contributed by atoms with E-state index < -0.39 is 0 Å². The van der Waals surface area contributed by atoms with Crippen LogP contribution < -0.4 is 10.1 Å². The fourth-order valence-corrected chi connectivity index (χ4v) is 2.73. The molecule has 0 atom stereocenters. The molecule has 0 radical (unpaired) electrons. The van der Waals surface area contributed by atoms with Crippen molar-refractivity contribution in [3.63, 3.8) is 0 Å². The number of benzene rings is 1. The van der Waals surface area contributed by atoms with Gasteiger partial charge in [0.1, 0.15) is 11.6 Å². The van der Waals surface area contributed by atoms with Crippen molar-refractivity contribution in [3.05, 3.63) is 36.0 Å². The van der Waals surface area contributed by atoms with Crippen molar-refractivity contribution >= 4 is 17.6 Å². The van der Waals surface area contributed by atoms with Gasteiger partial charge in [-0.25, -0.2) is 4.68 Å². The molecule has 0 aliphatic carbocycles. The minimum atomic E-state index is -0.251. The van der Waals surface area contributed by atoms with Crippen LogP contribution in [0.3, 0.4) is 0 Å². The van der Waals surface area contributed by atoms with Gasteiger partial charge < -0.3 is 15.0 Å². The van der Waals surface area contributed by atoms with Crippen LogP contribution in [0.5, 0.6) is 5.75 Å². The van der Waals surface area contributed by atoms with Crippen molar-refractivity contribution < 1.29 is 14.3 Å². The molecule has 1 aromatic carbocycles. The Bertz CT molecular complexity index is 819. The summed E-state index contributed by atoms with van der Waals surface area (Å²) in [7, 11) is 1.61. The third-order valence-corrected chi connectivity index (χ3v) is 4.34. The zero-order valence-corrected chi connectivity index (χ0v) is 17.6. The van der Waals surface area contributed by atoms with Gasteiger partial charge >= 0.3 is 0 Å². The van der Waals surface area contributed by atoms with Crippen molar-refractivity contribution in [2.24, 2.45) is 0 Å². The van der Waals surface area contributed by atoms with Gasteiger partial charge in [-0.05, 0) is 30.7 Å². The summed E-state index contributed by atoms with van der Waals surface area (Å²) in [5.74, 6) is 0.948. The summed E-state index contributed by atoms with van der Waals surface area (Å²) in [6.07, 6.45) is 0.796. The average molecular weight is 386 g/mol. The highest BCUT2D eigenvalue weighted by atomic mass is 16.5. The quantitative estimate of drug-likeness (QED) is 0.791. The Morgan fingerprint density at radius 2 is 1.86 bits per heavy atom. The number of anilines is 1. The zero-order valence-electron chi connectivity index (χ0n) is 17.6. The number of carbonyl (C=O) groups is 2. The summed E-state index contributed by atoms with van der Waals surface area (Å²) < 4.78 is 6.92. The molecule has 2 rings (SSSR count). The maximum atomic E-state index is 12.6. The molecule has 2 aromatic rings. The van der Waals surface area contributed by atoms with Crippen molar-refractivity contribution in [1.29, 1.82) is 0 Å². The predicted molar refractivity (Wildman–Crippen MR) is 110 cm³/mol. The molecule has 152 valence electrons. The summed E-state index contributed by atoms with van der Waals surface area (Å²) in [5.41, 5.74) is 1.49. The first-order valence-corrected chi connectivity index (χ1v) is 9.46. The van der Waals surface area contributed by atoms with E-state index in [-0.39, 0.29) is 23.8 Å². The highest BCUT2D eigenvalue weighted by molar-refractivity contribution is 5.94. The number of carbonyl (C=O) groups excluding carboxylic acids is 2. The van der Waals surface area contributed by atoms with E-state index in [1.165, 1.54) is 11.8 Å². The lowest BCUT2D eigenvalue weighted by Crippen LogP contribution is -2.37. The van der Waals surface area contributed by atoms with Crippen LogP contribution in [0.2, 0.25) is 0 Å². The molecule has 0 saturated carbocycles. The number of aromatic nitrogens is 2. The van der Waals surface area contributed by atoms with Gasteiger partial charge in [0.25, 0.3) is 0 Å². The zero-order chi connectivity index (χ0) is 20.9. The molecule has 0 aliphatic heterocycles. The number of hydrogen-bond acceptors (Lipinski definition) is 4. The van der Waals surface area contributed by atoms with Crippen molar-refractivity contribution in [1.82, 2.24) is 14.7 Å². The van der Waals surface area contributed by atoms with Crippen molar-refractivity contribution in [2.45, 2.75) is 46.5 Å². The second-order valence-electron chi connectivity index (χ2n) is 7.76. The van der Waals surface area contributed by atoms with Gasteiger partial charge in [0, 0.05) is 24.9 Å². The van der Waals surface area contributed by atoms with Crippen LogP contribution in [0.1, 0.15) is 46.7 Å². The second kappa shape index (κ2) is 8.91. The fourth-order valence-electron chi connectivity index (χ4n) is 2.73. The SMILES string of the molecule is CCCN(CC(=O)Nc1cc(C(C)(C)C)nn1-c1ccc(OC)cc1)C(C)=O. The van der Waals surface area contributed by atoms with E-state index in [1.54, 1.807) is 11.8 Å². The molecular weight excluding hydrogens is 356 g/mol. The molecule has 0 aliphatic rings. The molecule has 2 amide bonds. The molecule has 1 heterocycles. The molecule has 0 unspecified atom stereocenters. The predicted octanol–water partition coefficient (Wildman–Crippen LogP) is 3.38. The van der Waals surface area contributed by atoms with E-state index >= 15 is 0 Å². The lowest BCUT2D eigenvalue weighted by molar-refractivity contribution is -0.132. The Labute approximate surface area is 166 Å². The number of nitrogens with one attached hydrogen (secondary N) is 1. The second-order valence-corrected chi connectivity index (χ2v) is 7.76. The van der Waals surface area contributed by atoms with Crippen LogP contribution >= 0.6 is 0 Å².